The predicted octanol–water partition coefficient (Wildman–Crippen LogP) is 3.95. The van der Waals surface area contributed by atoms with Crippen molar-refractivity contribution in [2.45, 2.75) is 20.3 Å². The minimum Gasteiger partial charge on any atom is -0.0773 e. The molecular formula is C14H16. The number of hydrogen-bond donors (Lipinski definition) is 0. The van der Waals surface area contributed by atoms with Gasteiger partial charge in [0.05, 0.1) is 0 Å². The lowest BCUT2D eigenvalue weighted by atomic mass is 10.1. The van der Waals surface area contributed by atoms with Gasteiger partial charge in [0.1, 0.15) is 0 Å². The Bertz CT molecular complexity index is 373. The van der Waals surface area contributed by atoms with Crippen molar-refractivity contribution >= 4 is 0 Å². The van der Waals surface area contributed by atoms with E-state index in [0.29, 0.717) is 5.92 Å². The fourth-order valence-corrected chi connectivity index (χ4v) is 1.68. The van der Waals surface area contributed by atoms with Crippen LogP contribution in [0.1, 0.15) is 20.3 Å². The summed E-state index contributed by atoms with van der Waals surface area (Å²) in [6, 6.07) is 0. The molecule has 2 aliphatic carbocycles. The summed E-state index contributed by atoms with van der Waals surface area (Å²) in [7, 11) is 0. The molecule has 0 saturated carbocycles. The van der Waals surface area contributed by atoms with Crippen molar-refractivity contribution < 1.29 is 0 Å². The third kappa shape index (κ3) is 1.95. The van der Waals surface area contributed by atoms with Gasteiger partial charge < -0.3 is 0 Å². The second kappa shape index (κ2) is 3.83. The molecule has 14 heavy (non-hydrogen) atoms. The molecule has 2 rings (SSSR count). The van der Waals surface area contributed by atoms with E-state index in [1.165, 1.54) is 16.7 Å². The van der Waals surface area contributed by atoms with Gasteiger partial charge in [0, 0.05) is 0 Å². The highest BCUT2D eigenvalue weighted by molar-refractivity contribution is 5.51. The standard InChI is InChI=1S/C14H16/c1-11-3-7-13-9-5-12(2)6-10-14(13)8-4-11/h3-5,7-11H,6H2,1-2H3. The van der Waals surface area contributed by atoms with E-state index in [4.69, 9.17) is 0 Å². The maximum atomic E-state index is 2.31. The predicted molar refractivity (Wildman–Crippen MR) is 62.0 cm³/mol. The van der Waals surface area contributed by atoms with E-state index >= 15 is 0 Å². The van der Waals surface area contributed by atoms with Gasteiger partial charge >= 0.3 is 0 Å². The maximum Gasteiger partial charge on any atom is -0.00752 e. The summed E-state index contributed by atoms with van der Waals surface area (Å²) in [4.78, 5) is 0. The number of allylic oxidation sites excluding steroid dienone is 10. The second-order valence-electron chi connectivity index (χ2n) is 4.08. The first kappa shape index (κ1) is 9.26. The van der Waals surface area contributed by atoms with Crippen LogP contribution >= 0.6 is 0 Å². The Hall–Kier alpha value is -1.30. The average molecular weight is 184 g/mol. The van der Waals surface area contributed by atoms with Gasteiger partial charge in [-0.3, -0.25) is 0 Å². The molecule has 2 aliphatic rings. The lowest BCUT2D eigenvalue weighted by Crippen LogP contribution is -1.79. The van der Waals surface area contributed by atoms with Crippen molar-refractivity contribution in [3.05, 3.63) is 59.3 Å². The first-order valence-electron chi connectivity index (χ1n) is 5.20. The van der Waals surface area contributed by atoms with Crippen LogP contribution in [0, 0.1) is 5.92 Å². The van der Waals surface area contributed by atoms with Gasteiger partial charge in [0.15, 0.2) is 0 Å². The normalized spacial score (nSPS) is 25.6. The Labute approximate surface area is 86.0 Å². The van der Waals surface area contributed by atoms with Crippen molar-refractivity contribution in [3.63, 3.8) is 0 Å². The molecule has 1 atom stereocenters. The number of hydrogen-bond acceptors (Lipinski definition) is 0. The average Bonchev–Trinajstić information content (AvgIpc) is 2.44. The van der Waals surface area contributed by atoms with Crippen LogP contribution in [0.15, 0.2) is 59.3 Å². The van der Waals surface area contributed by atoms with Gasteiger partial charge in [0.2, 0.25) is 0 Å². The molecule has 0 nitrogen and oxygen atoms in total. The molecule has 0 heteroatoms. The summed E-state index contributed by atoms with van der Waals surface area (Å²) in [6.07, 6.45) is 16.8. The van der Waals surface area contributed by atoms with Gasteiger partial charge in [-0.05, 0) is 30.4 Å². The molecule has 0 aromatic rings. The Balaban J connectivity index is 2.41. The Morgan fingerprint density at radius 3 is 2.57 bits per heavy atom. The summed E-state index contributed by atoms with van der Waals surface area (Å²) < 4.78 is 0. The highest BCUT2D eigenvalue weighted by atomic mass is 14.1. The summed E-state index contributed by atoms with van der Waals surface area (Å²) >= 11 is 0. The van der Waals surface area contributed by atoms with Crippen LogP contribution in [0.4, 0.5) is 0 Å². The largest absolute Gasteiger partial charge is 0.0773 e. The monoisotopic (exact) mass is 184 g/mol. The number of fused-ring (bicyclic) bond motifs is 1. The van der Waals surface area contributed by atoms with Crippen molar-refractivity contribution in [1.29, 1.82) is 0 Å². The van der Waals surface area contributed by atoms with E-state index in [0.717, 1.165) is 6.42 Å². The third-order valence-electron chi connectivity index (χ3n) is 2.68. The zero-order valence-electron chi connectivity index (χ0n) is 8.83. The molecule has 0 aromatic carbocycles. The lowest BCUT2D eigenvalue weighted by Gasteiger charge is -1.98. The molecule has 0 aliphatic heterocycles. The Morgan fingerprint density at radius 1 is 1.07 bits per heavy atom. The zero-order chi connectivity index (χ0) is 9.97. The number of rotatable bonds is 0. The van der Waals surface area contributed by atoms with Gasteiger partial charge in [-0.25, -0.2) is 0 Å². The molecule has 0 bridgehead atoms. The maximum absolute atomic E-state index is 2.31. The summed E-state index contributed by atoms with van der Waals surface area (Å²) in [6.45, 7) is 4.38. The van der Waals surface area contributed by atoms with Crippen LogP contribution in [0.5, 0.6) is 0 Å². The molecule has 0 heterocycles. The molecule has 0 saturated heterocycles. The minimum atomic E-state index is 0.550. The van der Waals surface area contributed by atoms with Crippen LogP contribution in [-0.4, -0.2) is 0 Å². The Morgan fingerprint density at radius 2 is 1.79 bits per heavy atom. The van der Waals surface area contributed by atoms with E-state index < -0.39 is 0 Å². The summed E-state index contributed by atoms with van der Waals surface area (Å²) in [5.41, 5.74) is 4.12. The first-order valence-corrected chi connectivity index (χ1v) is 5.20. The van der Waals surface area contributed by atoms with Gasteiger partial charge in [-0.1, -0.05) is 55.0 Å². The second-order valence-corrected chi connectivity index (χ2v) is 4.08. The van der Waals surface area contributed by atoms with Crippen LogP contribution in [-0.2, 0) is 0 Å². The van der Waals surface area contributed by atoms with E-state index in [1.807, 2.05) is 0 Å². The minimum absolute atomic E-state index is 0.550. The van der Waals surface area contributed by atoms with E-state index in [9.17, 15) is 0 Å². The van der Waals surface area contributed by atoms with Gasteiger partial charge in [-0.2, -0.15) is 0 Å². The fourth-order valence-electron chi connectivity index (χ4n) is 1.68. The smallest absolute Gasteiger partial charge is 0.00752 e. The Kier molecular flexibility index (Phi) is 2.53. The highest BCUT2D eigenvalue weighted by Gasteiger charge is 2.05. The zero-order valence-corrected chi connectivity index (χ0v) is 8.83. The molecule has 0 fully saturated rings. The van der Waals surface area contributed by atoms with Crippen LogP contribution in [0.3, 0.4) is 0 Å². The van der Waals surface area contributed by atoms with E-state index in [2.05, 4.69) is 56.4 Å². The first-order chi connectivity index (χ1) is 6.75. The molecule has 0 N–H and O–H groups in total. The van der Waals surface area contributed by atoms with Crippen LogP contribution in [0.2, 0.25) is 0 Å². The van der Waals surface area contributed by atoms with Crippen LogP contribution in [0.25, 0.3) is 0 Å². The highest BCUT2D eigenvalue weighted by Crippen LogP contribution is 2.24. The SMILES string of the molecule is CC1=CC=C2C=CC(C)C=CC2=CC1. The summed E-state index contributed by atoms with van der Waals surface area (Å²) in [5.74, 6) is 0.550. The molecule has 0 radical (unpaired) electrons. The van der Waals surface area contributed by atoms with Gasteiger partial charge in [0.25, 0.3) is 0 Å². The molecule has 1 unspecified atom stereocenters. The fraction of sp³-hybridized carbons (Fsp3) is 0.286. The molecule has 0 spiro atoms. The third-order valence-corrected chi connectivity index (χ3v) is 2.68. The van der Waals surface area contributed by atoms with Crippen molar-refractivity contribution in [3.8, 4) is 0 Å². The molecular weight excluding hydrogens is 168 g/mol. The van der Waals surface area contributed by atoms with E-state index in [-0.39, 0.29) is 0 Å². The molecule has 0 aromatic heterocycles. The summed E-state index contributed by atoms with van der Waals surface area (Å²) in [5, 5.41) is 0. The van der Waals surface area contributed by atoms with Crippen molar-refractivity contribution in [2.24, 2.45) is 5.92 Å². The quantitative estimate of drug-likeness (QED) is 0.534. The van der Waals surface area contributed by atoms with E-state index in [1.54, 1.807) is 0 Å². The topological polar surface area (TPSA) is 0 Å². The lowest BCUT2D eigenvalue weighted by molar-refractivity contribution is 0.942. The van der Waals surface area contributed by atoms with Gasteiger partial charge in [-0.15, -0.1) is 0 Å². The molecule has 72 valence electrons. The van der Waals surface area contributed by atoms with Crippen molar-refractivity contribution in [2.75, 3.05) is 0 Å². The van der Waals surface area contributed by atoms with Crippen LogP contribution < -0.4 is 0 Å². The molecule has 0 amide bonds. The van der Waals surface area contributed by atoms with Crippen molar-refractivity contribution in [1.82, 2.24) is 0 Å².